The van der Waals surface area contributed by atoms with E-state index in [2.05, 4.69) is 10.2 Å². The van der Waals surface area contributed by atoms with Crippen LogP contribution in [0.2, 0.25) is 0 Å². The first-order chi connectivity index (χ1) is 10.6. The first-order valence-corrected chi connectivity index (χ1v) is 8.22. The second-order valence-electron chi connectivity index (χ2n) is 6.47. The van der Waals surface area contributed by atoms with Gasteiger partial charge in [0, 0.05) is 38.3 Å². The van der Waals surface area contributed by atoms with Crippen molar-refractivity contribution in [2.24, 2.45) is 5.92 Å². The maximum Gasteiger partial charge on any atom is 0.274 e. The SMILES string of the molecule is Cc1cc(C(=O)N2CCC(CN3CCCCC3=O)CC2)n[nH]1. The summed E-state index contributed by atoms with van der Waals surface area (Å²) in [5, 5.41) is 6.86. The van der Waals surface area contributed by atoms with Crippen molar-refractivity contribution >= 4 is 11.8 Å². The number of likely N-dealkylation sites (tertiary alicyclic amines) is 2. The van der Waals surface area contributed by atoms with Crippen molar-refractivity contribution < 1.29 is 9.59 Å². The Morgan fingerprint density at radius 2 is 2.09 bits per heavy atom. The molecule has 2 aliphatic rings. The number of carbonyl (C=O) groups excluding carboxylic acids is 2. The summed E-state index contributed by atoms with van der Waals surface area (Å²) in [4.78, 5) is 28.1. The molecule has 0 aliphatic carbocycles. The second kappa shape index (κ2) is 6.50. The minimum absolute atomic E-state index is 0.0110. The fourth-order valence-corrected chi connectivity index (χ4v) is 3.37. The zero-order valence-electron chi connectivity index (χ0n) is 13.2. The van der Waals surface area contributed by atoms with Crippen molar-refractivity contribution in [3.05, 3.63) is 17.5 Å². The first-order valence-electron chi connectivity index (χ1n) is 8.22. The third kappa shape index (κ3) is 3.31. The van der Waals surface area contributed by atoms with Gasteiger partial charge in [-0.3, -0.25) is 14.7 Å². The number of rotatable bonds is 3. The number of carbonyl (C=O) groups is 2. The topological polar surface area (TPSA) is 69.3 Å². The number of amides is 2. The van der Waals surface area contributed by atoms with Crippen molar-refractivity contribution in [2.45, 2.75) is 39.0 Å². The lowest BCUT2D eigenvalue weighted by Crippen LogP contribution is -2.44. The van der Waals surface area contributed by atoms with Gasteiger partial charge in [0.1, 0.15) is 5.69 Å². The highest BCUT2D eigenvalue weighted by molar-refractivity contribution is 5.92. The molecule has 120 valence electrons. The lowest BCUT2D eigenvalue weighted by atomic mass is 9.95. The minimum Gasteiger partial charge on any atom is -0.342 e. The zero-order valence-corrected chi connectivity index (χ0v) is 13.2. The van der Waals surface area contributed by atoms with Gasteiger partial charge in [-0.15, -0.1) is 0 Å². The van der Waals surface area contributed by atoms with Crippen LogP contribution >= 0.6 is 0 Å². The summed E-state index contributed by atoms with van der Waals surface area (Å²) in [5.41, 5.74) is 1.41. The summed E-state index contributed by atoms with van der Waals surface area (Å²) < 4.78 is 0. The number of piperidine rings is 2. The molecule has 0 spiro atoms. The molecule has 22 heavy (non-hydrogen) atoms. The van der Waals surface area contributed by atoms with E-state index in [1.165, 1.54) is 0 Å². The lowest BCUT2D eigenvalue weighted by molar-refractivity contribution is -0.134. The molecule has 0 bridgehead atoms. The lowest BCUT2D eigenvalue weighted by Gasteiger charge is -2.36. The van der Waals surface area contributed by atoms with E-state index in [0.29, 0.717) is 23.9 Å². The van der Waals surface area contributed by atoms with Crippen LogP contribution in [0.5, 0.6) is 0 Å². The van der Waals surface area contributed by atoms with Crippen molar-refractivity contribution in [1.29, 1.82) is 0 Å². The highest BCUT2D eigenvalue weighted by atomic mass is 16.2. The van der Waals surface area contributed by atoms with Gasteiger partial charge in [0.05, 0.1) is 0 Å². The largest absolute Gasteiger partial charge is 0.342 e. The molecule has 0 radical (unpaired) electrons. The van der Waals surface area contributed by atoms with Gasteiger partial charge in [0.2, 0.25) is 5.91 Å². The predicted octanol–water partition coefficient (Wildman–Crippen LogP) is 1.58. The molecular weight excluding hydrogens is 280 g/mol. The average molecular weight is 304 g/mol. The molecule has 0 saturated carbocycles. The van der Waals surface area contributed by atoms with Gasteiger partial charge < -0.3 is 9.80 Å². The Kier molecular flexibility index (Phi) is 4.45. The molecule has 0 unspecified atom stereocenters. The Balaban J connectivity index is 1.50. The third-order valence-electron chi connectivity index (χ3n) is 4.73. The van der Waals surface area contributed by atoms with Gasteiger partial charge in [-0.05, 0) is 44.6 Å². The Morgan fingerprint density at radius 1 is 1.32 bits per heavy atom. The molecule has 3 rings (SSSR count). The number of nitrogens with zero attached hydrogens (tertiary/aromatic N) is 3. The number of hydrogen-bond acceptors (Lipinski definition) is 3. The maximum atomic E-state index is 12.3. The van der Waals surface area contributed by atoms with E-state index in [0.717, 1.165) is 57.6 Å². The molecule has 1 aromatic heterocycles. The molecule has 2 fully saturated rings. The van der Waals surface area contributed by atoms with E-state index in [1.807, 2.05) is 16.7 Å². The Labute approximate surface area is 130 Å². The first kappa shape index (κ1) is 15.1. The monoisotopic (exact) mass is 304 g/mol. The highest BCUT2D eigenvalue weighted by Crippen LogP contribution is 2.22. The Hall–Kier alpha value is -1.85. The van der Waals surface area contributed by atoms with Crippen molar-refractivity contribution in [1.82, 2.24) is 20.0 Å². The molecule has 0 atom stereocenters. The minimum atomic E-state index is 0.0110. The molecule has 3 heterocycles. The zero-order chi connectivity index (χ0) is 15.5. The van der Waals surface area contributed by atoms with Gasteiger partial charge in [0.15, 0.2) is 0 Å². The average Bonchev–Trinajstić information content (AvgIpc) is 2.96. The molecule has 6 nitrogen and oxygen atoms in total. The summed E-state index contributed by atoms with van der Waals surface area (Å²) in [7, 11) is 0. The summed E-state index contributed by atoms with van der Waals surface area (Å²) in [6, 6.07) is 1.79. The number of aromatic nitrogens is 2. The molecule has 6 heteroatoms. The van der Waals surface area contributed by atoms with Crippen LogP contribution in [0.3, 0.4) is 0 Å². The predicted molar refractivity (Wildman–Crippen MR) is 82.4 cm³/mol. The van der Waals surface area contributed by atoms with E-state index in [4.69, 9.17) is 0 Å². The van der Waals surface area contributed by atoms with Gasteiger partial charge >= 0.3 is 0 Å². The molecule has 0 aromatic carbocycles. The van der Waals surface area contributed by atoms with Crippen LogP contribution in [0, 0.1) is 12.8 Å². The van der Waals surface area contributed by atoms with Gasteiger partial charge in [-0.25, -0.2) is 0 Å². The maximum absolute atomic E-state index is 12.3. The number of aromatic amines is 1. The standard InChI is InChI=1S/C16H24N4O2/c1-12-10-14(18-17-12)16(22)19-8-5-13(6-9-19)11-20-7-3-2-4-15(20)21/h10,13H,2-9,11H2,1H3,(H,17,18). The van der Waals surface area contributed by atoms with Crippen LogP contribution in [-0.4, -0.2) is 58.0 Å². The smallest absolute Gasteiger partial charge is 0.274 e. The van der Waals surface area contributed by atoms with Gasteiger partial charge in [-0.1, -0.05) is 0 Å². The van der Waals surface area contributed by atoms with E-state index in [9.17, 15) is 9.59 Å². The number of H-pyrrole nitrogens is 1. The normalized spacial score (nSPS) is 20.5. The number of aryl methyl sites for hydroxylation is 1. The molecule has 1 N–H and O–H groups in total. The van der Waals surface area contributed by atoms with Gasteiger partial charge in [0.25, 0.3) is 5.91 Å². The summed E-state index contributed by atoms with van der Waals surface area (Å²) in [5.74, 6) is 0.834. The Morgan fingerprint density at radius 3 is 2.73 bits per heavy atom. The summed E-state index contributed by atoms with van der Waals surface area (Å²) in [6.45, 7) is 5.19. The van der Waals surface area contributed by atoms with Crippen LogP contribution in [0.1, 0.15) is 48.3 Å². The second-order valence-corrected chi connectivity index (χ2v) is 6.47. The molecular formula is C16H24N4O2. The number of nitrogens with one attached hydrogen (secondary N) is 1. The molecule has 1 aromatic rings. The summed E-state index contributed by atoms with van der Waals surface area (Å²) in [6.07, 6.45) is 4.81. The van der Waals surface area contributed by atoms with Crippen molar-refractivity contribution in [2.75, 3.05) is 26.2 Å². The third-order valence-corrected chi connectivity index (χ3v) is 4.73. The van der Waals surface area contributed by atoms with E-state index >= 15 is 0 Å². The van der Waals surface area contributed by atoms with Gasteiger partial charge in [-0.2, -0.15) is 5.10 Å². The molecule has 2 amide bonds. The van der Waals surface area contributed by atoms with Crippen molar-refractivity contribution in [3.8, 4) is 0 Å². The van der Waals surface area contributed by atoms with Crippen molar-refractivity contribution in [3.63, 3.8) is 0 Å². The van der Waals surface area contributed by atoms with E-state index in [-0.39, 0.29) is 5.91 Å². The van der Waals surface area contributed by atoms with Crippen LogP contribution in [0.4, 0.5) is 0 Å². The fourth-order valence-electron chi connectivity index (χ4n) is 3.37. The number of hydrogen-bond donors (Lipinski definition) is 1. The summed E-state index contributed by atoms with van der Waals surface area (Å²) >= 11 is 0. The van der Waals surface area contributed by atoms with Crippen LogP contribution < -0.4 is 0 Å². The fraction of sp³-hybridized carbons (Fsp3) is 0.688. The van der Waals surface area contributed by atoms with E-state index < -0.39 is 0 Å². The van der Waals surface area contributed by atoms with Crippen LogP contribution in [-0.2, 0) is 4.79 Å². The quantitative estimate of drug-likeness (QED) is 0.922. The molecule has 2 saturated heterocycles. The molecule has 2 aliphatic heterocycles. The highest BCUT2D eigenvalue weighted by Gasteiger charge is 2.27. The van der Waals surface area contributed by atoms with Crippen LogP contribution in [0.25, 0.3) is 0 Å². The van der Waals surface area contributed by atoms with E-state index in [1.54, 1.807) is 6.07 Å². The Bertz CT molecular complexity index is 546. The van der Waals surface area contributed by atoms with Crippen LogP contribution in [0.15, 0.2) is 6.07 Å².